The monoisotopic (exact) mass is 232 g/mol. The molecule has 0 unspecified atom stereocenters. The molecule has 1 saturated carbocycles. The minimum Gasteiger partial charge on any atom is -0.469 e. The maximum atomic E-state index is 12.5. The zero-order valence-corrected chi connectivity index (χ0v) is 11.0. The number of furan rings is 1. The first kappa shape index (κ1) is 11.1. The Bertz CT molecular complexity index is 487. The molecule has 2 heteroatoms. The van der Waals surface area contributed by atoms with E-state index in [1.54, 1.807) is 6.26 Å². The number of fused-ring (bicyclic) bond motifs is 2. The summed E-state index contributed by atoms with van der Waals surface area (Å²) in [6.07, 6.45) is 3.40. The van der Waals surface area contributed by atoms with Crippen molar-refractivity contribution in [3.05, 3.63) is 23.7 Å². The lowest BCUT2D eigenvalue weighted by Crippen LogP contribution is -2.47. The lowest BCUT2D eigenvalue weighted by atomic mass is 9.53. The molecule has 0 amide bonds. The van der Waals surface area contributed by atoms with E-state index in [0.29, 0.717) is 11.7 Å². The Morgan fingerprint density at radius 3 is 2.76 bits per heavy atom. The molecular weight excluding hydrogens is 212 g/mol. The lowest BCUT2D eigenvalue weighted by Gasteiger charge is -2.49. The van der Waals surface area contributed by atoms with Crippen molar-refractivity contribution in [3.63, 3.8) is 0 Å². The van der Waals surface area contributed by atoms with Gasteiger partial charge in [0.1, 0.15) is 11.5 Å². The highest BCUT2D eigenvalue weighted by molar-refractivity contribution is 5.89. The molecule has 1 heterocycles. The Balaban J connectivity index is 2.22. The van der Waals surface area contributed by atoms with Crippen LogP contribution in [0.5, 0.6) is 0 Å². The molecule has 1 aromatic rings. The number of ketones is 1. The predicted octanol–water partition coefficient (Wildman–Crippen LogP) is 3.56. The number of hydrogen-bond donors (Lipinski definition) is 0. The average Bonchev–Trinajstić information content (AvgIpc) is 2.78. The second-order valence-electron chi connectivity index (χ2n) is 6.35. The summed E-state index contributed by atoms with van der Waals surface area (Å²) in [5.41, 5.74) is 1.07. The maximum Gasteiger partial charge on any atom is 0.140 e. The summed E-state index contributed by atoms with van der Waals surface area (Å²) >= 11 is 0. The molecular formula is C15H20O2. The maximum absolute atomic E-state index is 12.5. The smallest absolute Gasteiger partial charge is 0.140 e. The number of carbonyl (C=O) groups excluding carboxylic acids is 1. The highest BCUT2D eigenvalue weighted by Crippen LogP contribution is 2.64. The average molecular weight is 232 g/mol. The first-order valence-electron chi connectivity index (χ1n) is 6.51. The third-order valence-electron chi connectivity index (χ3n) is 5.99. The summed E-state index contributed by atoms with van der Waals surface area (Å²) in [5.74, 6) is 2.25. The summed E-state index contributed by atoms with van der Waals surface area (Å²) in [5, 5.41) is 0. The number of Topliss-reactive ketones (excluding diaryl/α,β-unsaturated/α-hetero) is 1. The molecule has 2 nitrogen and oxygen atoms in total. The number of hydrogen-bond acceptors (Lipinski definition) is 2. The number of carbonyl (C=O) groups is 1. The summed E-state index contributed by atoms with van der Waals surface area (Å²) < 4.78 is 5.62. The van der Waals surface area contributed by atoms with Crippen molar-refractivity contribution in [1.29, 1.82) is 0 Å². The quantitative estimate of drug-likeness (QED) is 0.684. The molecule has 1 fully saturated rings. The van der Waals surface area contributed by atoms with E-state index in [1.165, 1.54) is 5.56 Å². The summed E-state index contributed by atoms with van der Waals surface area (Å²) in [6.45, 7) is 8.83. The molecule has 0 N–H and O–H groups in total. The summed E-state index contributed by atoms with van der Waals surface area (Å²) in [7, 11) is 0. The SMILES string of the molecule is C[C@H]1CC(=O)[C@]2(C)[C@@H](C)c3ccoc3C[C@]12C. The van der Waals surface area contributed by atoms with Gasteiger partial charge in [0.25, 0.3) is 0 Å². The van der Waals surface area contributed by atoms with Crippen LogP contribution in [0.25, 0.3) is 0 Å². The highest BCUT2D eigenvalue weighted by atomic mass is 16.3. The summed E-state index contributed by atoms with van der Waals surface area (Å²) in [6, 6.07) is 2.04. The number of rotatable bonds is 0. The molecule has 92 valence electrons. The Morgan fingerprint density at radius 2 is 2.06 bits per heavy atom. The Morgan fingerprint density at radius 1 is 1.35 bits per heavy atom. The van der Waals surface area contributed by atoms with E-state index in [-0.39, 0.29) is 16.7 Å². The van der Waals surface area contributed by atoms with E-state index in [4.69, 9.17) is 4.42 Å². The molecule has 0 spiro atoms. The highest BCUT2D eigenvalue weighted by Gasteiger charge is 2.63. The molecule has 4 atom stereocenters. The van der Waals surface area contributed by atoms with Crippen LogP contribution in [0.3, 0.4) is 0 Å². The molecule has 3 rings (SSSR count). The predicted molar refractivity (Wildman–Crippen MR) is 65.8 cm³/mol. The Kier molecular flexibility index (Phi) is 1.98. The normalized spacial score (nSPS) is 44.6. The molecule has 0 saturated heterocycles. The minimum atomic E-state index is -0.219. The third kappa shape index (κ3) is 1.05. The first-order chi connectivity index (χ1) is 7.91. The molecule has 1 aromatic heterocycles. The van der Waals surface area contributed by atoms with E-state index < -0.39 is 0 Å². The van der Waals surface area contributed by atoms with Gasteiger partial charge in [0.2, 0.25) is 0 Å². The van der Waals surface area contributed by atoms with Crippen molar-refractivity contribution in [2.75, 3.05) is 0 Å². The second kappa shape index (κ2) is 3.04. The van der Waals surface area contributed by atoms with Crippen LogP contribution < -0.4 is 0 Å². The molecule has 0 aromatic carbocycles. The van der Waals surface area contributed by atoms with Crippen LogP contribution >= 0.6 is 0 Å². The fourth-order valence-electron chi connectivity index (χ4n) is 4.16. The standard InChI is InChI=1S/C15H20O2/c1-9-7-13(16)15(4)10(2)11-5-6-17-12(11)8-14(9,15)3/h5-6,9-10H,7-8H2,1-4H3/t9-,10-,14+,15-/m0/s1. The van der Waals surface area contributed by atoms with Crippen molar-refractivity contribution < 1.29 is 9.21 Å². The second-order valence-corrected chi connectivity index (χ2v) is 6.35. The van der Waals surface area contributed by atoms with Gasteiger partial charge in [-0.2, -0.15) is 0 Å². The van der Waals surface area contributed by atoms with Gasteiger partial charge in [-0.15, -0.1) is 0 Å². The van der Waals surface area contributed by atoms with Gasteiger partial charge in [-0.3, -0.25) is 4.79 Å². The van der Waals surface area contributed by atoms with Gasteiger partial charge in [-0.25, -0.2) is 0 Å². The van der Waals surface area contributed by atoms with Gasteiger partial charge >= 0.3 is 0 Å². The molecule has 0 bridgehead atoms. The Labute approximate surface area is 102 Å². The van der Waals surface area contributed by atoms with Crippen LogP contribution in [-0.2, 0) is 11.2 Å². The van der Waals surface area contributed by atoms with Gasteiger partial charge in [-0.1, -0.05) is 27.7 Å². The Hall–Kier alpha value is -1.05. The fourth-order valence-corrected chi connectivity index (χ4v) is 4.16. The van der Waals surface area contributed by atoms with Crippen molar-refractivity contribution in [2.45, 2.75) is 46.5 Å². The molecule has 2 aliphatic carbocycles. The fraction of sp³-hybridized carbons (Fsp3) is 0.667. The van der Waals surface area contributed by atoms with Gasteiger partial charge in [0.05, 0.1) is 6.26 Å². The van der Waals surface area contributed by atoms with Crippen LogP contribution in [0.4, 0.5) is 0 Å². The minimum absolute atomic E-state index is 0.0500. The van der Waals surface area contributed by atoms with E-state index in [1.807, 2.05) is 6.07 Å². The molecule has 0 radical (unpaired) electrons. The topological polar surface area (TPSA) is 30.2 Å². The van der Waals surface area contributed by atoms with Crippen LogP contribution in [0.15, 0.2) is 16.7 Å². The third-order valence-corrected chi connectivity index (χ3v) is 5.99. The van der Waals surface area contributed by atoms with Crippen LogP contribution in [0.1, 0.15) is 51.4 Å². The zero-order valence-electron chi connectivity index (χ0n) is 11.0. The summed E-state index contributed by atoms with van der Waals surface area (Å²) in [4.78, 5) is 12.5. The van der Waals surface area contributed by atoms with Crippen molar-refractivity contribution in [3.8, 4) is 0 Å². The molecule has 0 aliphatic heterocycles. The lowest BCUT2D eigenvalue weighted by molar-refractivity contribution is -0.131. The van der Waals surface area contributed by atoms with E-state index in [0.717, 1.165) is 18.6 Å². The largest absolute Gasteiger partial charge is 0.469 e. The van der Waals surface area contributed by atoms with Crippen LogP contribution in [0.2, 0.25) is 0 Å². The van der Waals surface area contributed by atoms with Crippen molar-refractivity contribution in [2.24, 2.45) is 16.7 Å². The van der Waals surface area contributed by atoms with Gasteiger partial charge in [0.15, 0.2) is 0 Å². The zero-order chi connectivity index (χ0) is 12.4. The first-order valence-corrected chi connectivity index (χ1v) is 6.51. The van der Waals surface area contributed by atoms with Gasteiger partial charge < -0.3 is 4.42 Å². The van der Waals surface area contributed by atoms with Gasteiger partial charge in [0, 0.05) is 18.3 Å². The van der Waals surface area contributed by atoms with Crippen molar-refractivity contribution >= 4 is 5.78 Å². The molecule has 17 heavy (non-hydrogen) atoms. The van der Waals surface area contributed by atoms with Crippen LogP contribution in [0, 0.1) is 16.7 Å². The van der Waals surface area contributed by atoms with E-state index >= 15 is 0 Å². The van der Waals surface area contributed by atoms with E-state index in [2.05, 4.69) is 27.7 Å². The van der Waals surface area contributed by atoms with Gasteiger partial charge in [-0.05, 0) is 28.9 Å². The van der Waals surface area contributed by atoms with Crippen molar-refractivity contribution in [1.82, 2.24) is 0 Å². The van der Waals surface area contributed by atoms with Crippen LogP contribution in [-0.4, -0.2) is 5.78 Å². The van der Waals surface area contributed by atoms with E-state index in [9.17, 15) is 4.79 Å². The molecule has 2 aliphatic rings.